The Bertz CT molecular complexity index is 633. The summed E-state index contributed by atoms with van der Waals surface area (Å²) in [5.41, 5.74) is 2.76. The van der Waals surface area contributed by atoms with Crippen molar-refractivity contribution < 1.29 is 9.84 Å². The summed E-state index contributed by atoms with van der Waals surface area (Å²) >= 11 is 0. The van der Waals surface area contributed by atoms with Gasteiger partial charge in [0.25, 0.3) is 5.56 Å². The van der Waals surface area contributed by atoms with Gasteiger partial charge in [-0.15, -0.1) is 0 Å². The van der Waals surface area contributed by atoms with E-state index in [9.17, 15) is 4.79 Å². The van der Waals surface area contributed by atoms with Crippen molar-refractivity contribution in [3.05, 3.63) is 33.7 Å². The van der Waals surface area contributed by atoms with Crippen molar-refractivity contribution in [3.63, 3.8) is 0 Å². The highest BCUT2D eigenvalue weighted by molar-refractivity contribution is 5.80. The molecule has 0 radical (unpaired) electrons. The third-order valence-electron chi connectivity index (χ3n) is 2.96. The standard InChI is InChI=1S/C12H12N2O3/c15-6-7-4-9-10(13-5-7)8-2-1-3-17-11(8)12(16)14-9/h4-5,15H,1-3,6H2,(H,14,16). The van der Waals surface area contributed by atoms with Crippen LogP contribution in [0.4, 0.5) is 0 Å². The summed E-state index contributed by atoms with van der Waals surface area (Å²) in [6.07, 6.45) is 3.33. The monoisotopic (exact) mass is 232 g/mol. The molecule has 0 aromatic carbocycles. The maximum atomic E-state index is 11.8. The Morgan fingerprint density at radius 1 is 1.53 bits per heavy atom. The van der Waals surface area contributed by atoms with E-state index in [1.807, 2.05) is 0 Å². The molecule has 3 heterocycles. The summed E-state index contributed by atoms with van der Waals surface area (Å²) < 4.78 is 5.39. The first kappa shape index (κ1) is 10.3. The van der Waals surface area contributed by atoms with Gasteiger partial charge in [-0.1, -0.05) is 0 Å². The Kier molecular flexibility index (Phi) is 2.33. The summed E-state index contributed by atoms with van der Waals surface area (Å²) in [5.74, 6) is 0.396. The molecular weight excluding hydrogens is 220 g/mol. The van der Waals surface area contributed by atoms with Gasteiger partial charge in [-0.3, -0.25) is 9.78 Å². The molecule has 2 aromatic rings. The molecule has 1 aliphatic rings. The predicted molar refractivity (Wildman–Crippen MR) is 62.1 cm³/mol. The predicted octanol–water partition coefficient (Wildman–Crippen LogP) is 0.740. The van der Waals surface area contributed by atoms with Crippen molar-refractivity contribution in [2.75, 3.05) is 6.61 Å². The second kappa shape index (κ2) is 3.85. The molecule has 1 aliphatic heterocycles. The lowest BCUT2D eigenvalue weighted by atomic mass is 10.1. The highest BCUT2D eigenvalue weighted by Gasteiger charge is 2.18. The minimum atomic E-state index is -0.218. The van der Waals surface area contributed by atoms with Crippen molar-refractivity contribution in [2.45, 2.75) is 19.4 Å². The number of aliphatic hydroxyl groups is 1. The number of fused-ring (bicyclic) bond motifs is 3. The fourth-order valence-electron chi connectivity index (χ4n) is 2.16. The summed E-state index contributed by atoms with van der Waals surface area (Å²) in [7, 11) is 0. The average Bonchev–Trinajstić information content (AvgIpc) is 2.38. The van der Waals surface area contributed by atoms with Gasteiger partial charge in [0.1, 0.15) is 0 Å². The number of aromatic nitrogens is 2. The number of hydrogen-bond donors (Lipinski definition) is 2. The SMILES string of the molecule is O=c1[nH]c2cc(CO)cnc2c2c1OCCC2. The van der Waals surface area contributed by atoms with E-state index in [0.29, 0.717) is 23.4 Å². The van der Waals surface area contributed by atoms with E-state index in [1.165, 1.54) is 0 Å². The molecule has 2 N–H and O–H groups in total. The van der Waals surface area contributed by atoms with Crippen LogP contribution in [0.15, 0.2) is 17.1 Å². The number of H-pyrrole nitrogens is 1. The van der Waals surface area contributed by atoms with Crippen LogP contribution in [0.3, 0.4) is 0 Å². The first-order valence-corrected chi connectivity index (χ1v) is 5.57. The van der Waals surface area contributed by atoms with Gasteiger partial charge in [-0.25, -0.2) is 0 Å². The highest BCUT2D eigenvalue weighted by atomic mass is 16.5. The van der Waals surface area contributed by atoms with Gasteiger partial charge in [-0.2, -0.15) is 0 Å². The second-order valence-electron chi connectivity index (χ2n) is 4.11. The third kappa shape index (κ3) is 1.59. The van der Waals surface area contributed by atoms with Gasteiger partial charge in [-0.05, 0) is 24.5 Å². The Balaban J connectivity index is 2.34. The largest absolute Gasteiger partial charge is 0.488 e. The number of rotatable bonds is 1. The van der Waals surface area contributed by atoms with Crippen LogP contribution < -0.4 is 10.3 Å². The Labute approximate surface area is 97.1 Å². The summed E-state index contributed by atoms with van der Waals surface area (Å²) in [5, 5.41) is 9.05. The number of ether oxygens (including phenoxy) is 1. The summed E-state index contributed by atoms with van der Waals surface area (Å²) in [6.45, 7) is 0.495. The molecule has 0 aliphatic carbocycles. The zero-order valence-corrected chi connectivity index (χ0v) is 9.19. The first-order valence-electron chi connectivity index (χ1n) is 5.57. The van der Waals surface area contributed by atoms with Gasteiger partial charge < -0.3 is 14.8 Å². The average molecular weight is 232 g/mol. The van der Waals surface area contributed by atoms with Crippen molar-refractivity contribution >= 4 is 11.0 Å². The lowest BCUT2D eigenvalue weighted by Gasteiger charge is -2.17. The first-order chi connectivity index (χ1) is 8.29. The summed E-state index contributed by atoms with van der Waals surface area (Å²) in [6, 6.07) is 1.75. The summed E-state index contributed by atoms with van der Waals surface area (Å²) in [4.78, 5) is 18.8. The third-order valence-corrected chi connectivity index (χ3v) is 2.96. The number of aryl methyl sites for hydroxylation is 1. The topological polar surface area (TPSA) is 75.2 Å². The molecular formula is C12H12N2O3. The van der Waals surface area contributed by atoms with Gasteiger partial charge in [0, 0.05) is 11.8 Å². The molecule has 17 heavy (non-hydrogen) atoms. The van der Waals surface area contributed by atoms with E-state index < -0.39 is 0 Å². The number of nitrogens with zero attached hydrogens (tertiary/aromatic N) is 1. The Morgan fingerprint density at radius 2 is 2.41 bits per heavy atom. The number of pyridine rings is 2. The van der Waals surface area contributed by atoms with Crippen LogP contribution in [-0.2, 0) is 13.0 Å². The molecule has 0 amide bonds. The van der Waals surface area contributed by atoms with Crippen LogP contribution >= 0.6 is 0 Å². The molecule has 88 valence electrons. The maximum Gasteiger partial charge on any atom is 0.291 e. The quantitative estimate of drug-likeness (QED) is 0.760. The zero-order valence-electron chi connectivity index (χ0n) is 9.19. The van der Waals surface area contributed by atoms with E-state index in [2.05, 4.69) is 9.97 Å². The lowest BCUT2D eigenvalue weighted by Crippen LogP contribution is -2.20. The molecule has 2 aromatic heterocycles. The number of aliphatic hydroxyl groups excluding tert-OH is 1. The molecule has 0 unspecified atom stereocenters. The smallest absolute Gasteiger partial charge is 0.291 e. The van der Waals surface area contributed by atoms with Crippen LogP contribution in [0.1, 0.15) is 17.5 Å². The molecule has 3 rings (SSSR count). The fraction of sp³-hybridized carbons (Fsp3) is 0.333. The van der Waals surface area contributed by atoms with Gasteiger partial charge in [0.2, 0.25) is 0 Å². The van der Waals surface area contributed by atoms with E-state index in [1.54, 1.807) is 12.3 Å². The van der Waals surface area contributed by atoms with E-state index >= 15 is 0 Å². The van der Waals surface area contributed by atoms with Crippen molar-refractivity contribution in [3.8, 4) is 5.75 Å². The highest BCUT2D eigenvalue weighted by Crippen LogP contribution is 2.26. The van der Waals surface area contributed by atoms with Gasteiger partial charge in [0.15, 0.2) is 5.75 Å². The number of hydrogen-bond acceptors (Lipinski definition) is 4. The van der Waals surface area contributed by atoms with E-state index in [0.717, 1.165) is 23.9 Å². The second-order valence-corrected chi connectivity index (χ2v) is 4.11. The molecule has 0 fully saturated rings. The molecule has 5 nitrogen and oxygen atoms in total. The fourth-order valence-corrected chi connectivity index (χ4v) is 2.16. The van der Waals surface area contributed by atoms with Crippen LogP contribution in [0.5, 0.6) is 5.75 Å². The van der Waals surface area contributed by atoms with Crippen LogP contribution in [0.25, 0.3) is 11.0 Å². The molecule has 0 atom stereocenters. The minimum absolute atomic E-state index is 0.0848. The molecule has 0 saturated carbocycles. The number of nitrogens with one attached hydrogen (secondary N) is 1. The lowest BCUT2D eigenvalue weighted by molar-refractivity contribution is 0.281. The normalized spacial score (nSPS) is 14.4. The molecule has 0 bridgehead atoms. The molecule has 0 spiro atoms. The minimum Gasteiger partial charge on any atom is -0.488 e. The van der Waals surface area contributed by atoms with Crippen LogP contribution in [0.2, 0.25) is 0 Å². The molecule has 5 heteroatoms. The van der Waals surface area contributed by atoms with Crippen LogP contribution in [0, 0.1) is 0 Å². The Morgan fingerprint density at radius 3 is 3.24 bits per heavy atom. The van der Waals surface area contributed by atoms with Crippen molar-refractivity contribution in [1.29, 1.82) is 0 Å². The van der Waals surface area contributed by atoms with Crippen molar-refractivity contribution in [2.24, 2.45) is 0 Å². The van der Waals surface area contributed by atoms with E-state index in [-0.39, 0.29) is 12.2 Å². The molecule has 0 saturated heterocycles. The van der Waals surface area contributed by atoms with Gasteiger partial charge in [0.05, 0.1) is 24.2 Å². The number of aromatic amines is 1. The van der Waals surface area contributed by atoms with E-state index in [4.69, 9.17) is 9.84 Å². The van der Waals surface area contributed by atoms with Gasteiger partial charge >= 0.3 is 0 Å². The van der Waals surface area contributed by atoms with Crippen LogP contribution in [-0.4, -0.2) is 21.7 Å². The Hall–Kier alpha value is -1.88. The maximum absolute atomic E-state index is 11.8. The zero-order chi connectivity index (χ0) is 11.8. The van der Waals surface area contributed by atoms with Crippen molar-refractivity contribution in [1.82, 2.24) is 9.97 Å².